The summed E-state index contributed by atoms with van der Waals surface area (Å²) in [6.07, 6.45) is 1.10. The van der Waals surface area contributed by atoms with Crippen LogP contribution in [-0.4, -0.2) is 64.0 Å². The summed E-state index contributed by atoms with van der Waals surface area (Å²) < 4.78 is 5.69. The average molecular weight is 554 g/mol. The van der Waals surface area contributed by atoms with E-state index in [1.807, 2.05) is 44.2 Å². The molecule has 2 heterocycles. The van der Waals surface area contributed by atoms with Crippen molar-refractivity contribution in [2.75, 3.05) is 20.3 Å². The molecule has 2 N–H and O–H groups in total. The summed E-state index contributed by atoms with van der Waals surface area (Å²) in [5, 5.41) is 2.64. The fourth-order valence-corrected chi connectivity index (χ4v) is 4.43. The van der Waals surface area contributed by atoms with Gasteiger partial charge in [0.05, 0.1) is 26.0 Å². The maximum absolute atomic E-state index is 13.7. The lowest BCUT2D eigenvalue weighted by molar-refractivity contribution is -0.135. The summed E-state index contributed by atoms with van der Waals surface area (Å²) in [6, 6.07) is 15.4. The van der Waals surface area contributed by atoms with Crippen molar-refractivity contribution < 1.29 is 19.1 Å². The Bertz CT molecular complexity index is 1230. The number of H-pyrrole nitrogens is 1. The van der Waals surface area contributed by atoms with Crippen LogP contribution in [0.2, 0.25) is 0 Å². The van der Waals surface area contributed by atoms with E-state index in [2.05, 4.69) is 26.2 Å². The summed E-state index contributed by atoms with van der Waals surface area (Å²) in [4.78, 5) is 50.1. The first kappa shape index (κ1) is 25.4. The molecule has 0 spiro atoms. The molecule has 188 valence electrons. The molecular formula is C26H28BrN5O4. The number of amides is 3. The molecule has 1 aliphatic rings. The van der Waals surface area contributed by atoms with Gasteiger partial charge in [0.25, 0.3) is 5.91 Å². The van der Waals surface area contributed by atoms with Crippen LogP contribution in [0.15, 0.2) is 65.3 Å². The number of ether oxygens (including phenoxy) is 1. The van der Waals surface area contributed by atoms with Gasteiger partial charge in [-0.1, -0.05) is 60.1 Å². The van der Waals surface area contributed by atoms with E-state index in [9.17, 15) is 14.4 Å². The zero-order valence-corrected chi connectivity index (χ0v) is 21.9. The van der Waals surface area contributed by atoms with E-state index in [-0.39, 0.29) is 30.9 Å². The molecule has 1 aromatic heterocycles. The third-order valence-electron chi connectivity index (χ3n) is 6.13. The molecule has 2 aromatic carbocycles. The second kappa shape index (κ2) is 10.9. The van der Waals surface area contributed by atoms with Crippen LogP contribution in [0.4, 0.5) is 4.79 Å². The quantitative estimate of drug-likeness (QED) is 0.475. The number of alkyl carbamates (subject to hydrolysis) is 1. The van der Waals surface area contributed by atoms with Crippen LogP contribution < -0.4 is 5.32 Å². The highest BCUT2D eigenvalue weighted by molar-refractivity contribution is 9.10. The Hall–Kier alpha value is -3.66. The van der Waals surface area contributed by atoms with E-state index < -0.39 is 18.2 Å². The first-order valence-corrected chi connectivity index (χ1v) is 12.4. The van der Waals surface area contributed by atoms with Gasteiger partial charge in [0.2, 0.25) is 5.91 Å². The Kier molecular flexibility index (Phi) is 7.73. The Morgan fingerprint density at radius 3 is 2.44 bits per heavy atom. The Morgan fingerprint density at radius 1 is 1.11 bits per heavy atom. The minimum Gasteiger partial charge on any atom is -0.453 e. The van der Waals surface area contributed by atoms with E-state index in [0.717, 1.165) is 15.7 Å². The van der Waals surface area contributed by atoms with Gasteiger partial charge in [0, 0.05) is 21.8 Å². The van der Waals surface area contributed by atoms with Gasteiger partial charge >= 0.3 is 6.09 Å². The van der Waals surface area contributed by atoms with Crippen molar-refractivity contribution in [1.29, 1.82) is 0 Å². The van der Waals surface area contributed by atoms with Gasteiger partial charge in [-0.15, -0.1) is 0 Å². The van der Waals surface area contributed by atoms with Crippen LogP contribution in [0.1, 0.15) is 36.1 Å². The van der Waals surface area contributed by atoms with Crippen molar-refractivity contribution in [2.45, 2.75) is 25.9 Å². The summed E-state index contributed by atoms with van der Waals surface area (Å²) in [5.74, 6) is -0.140. The first-order valence-electron chi connectivity index (χ1n) is 11.6. The highest BCUT2D eigenvalue weighted by Crippen LogP contribution is 2.31. The fourth-order valence-electron chi connectivity index (χ4n) is 4.17. The first-order chi connectivity index (χ1) is 17.3. The van der Waals surface area contributed by atoms with Crippen LogP contribution in [0.3, 0.4) is 0 Å². The Labute approximate surface area is 218 Å². The molecule has 0 saturated carbocycles. The highest BCUT2D eigenvalue weighted by atomic mass is 79.9. The number of carbonyl (C=O) groups is 3. The zero-order chi connectivity index (χ0) is 25.8. The number of aromatic amines is 1. The maximum atomic E-state index is 13.7. The van der Waals surface area contributed by atoms with E-state index in [4.69, 9.17) is 9.72 Å². The monoisotopic (exact) mass is 553 g/mol. The minimum atomic E-state index is -0.826. The molecule has 3 aromatic rings. The minimum absolute atomic E-state index is 0.0671. The number of halogens is 1. The van der Waals surface area contributed by atoms with Crippen molar-refractivity contribution in [3.8, 4) is 11.3 Å². The van der Waals surface area contributed by atoms with Gasteiger partial charge in [-0.3, -0.25) is 9.59 Å². The molecule has 4 rings (SSSR count). The van der Waals surface area contributed by atoms with Crippen LogP contribution in [0.5, 0.6) is 0 Å². The lowest BCUT2D eigenvalue weighted by atomic mass is 10.0. The summed E-state index contributed by atoms with van der Waals surface area (Å²) in [5.41, 5.74) is 2.18. The molecule has 3 amide bonds. The highest BCUT2D eigenvalue weighted by Gasteiger charge is 2.42. The predicted molar refractivity (Wildman–Crippen MR) is 138 cm³/mol. The van der Waals surface area contributed by atoms with Gasteiger partial charge in [-0.25, -0.2) is 9.78 Å². The summed E-state index contributed by atoms with van der Waals surface area (Å²) in [7, 11) is 1.25. The third kappa shape index (κ3) is 5.43. The second-order valence-corrected chi connectivity index (χ2v) is 9.81. The van der Waals surface area contributed by atoms with E-state index >= 15 is 0 Å². The summed E-state index contributed by atoms with van der Waals surface area (Å²) in [6.45, 7) is 4.01. The number of aromatic nitrogens is 2. The van der Waals surface area contributed by atoms with Crippen molar-refractivity contribution in [3.63, 3.8) is 0 Å². The molecule has 0 bridgehead atoms. The lowest BCUT2D eigenvalue weighted by Crippen LogP contribution is -2.51. The van der Waals surface area contributed by atoms with Gasteiger partial charge in [0.15, 0.2) is 0 Å². The Balaban J connectivity index is 1.66. The van der Waals surface area contributed by atoms with Crippen LogP contribution in [0.25, 0.3) is 11.3 Å². The molecule has 2 atom stereocenters. The van der Waals surface area contributed by atoms with E-state index in [0.29, 0.717) is 11.4 Å². The zero-order valence-electron chi connectivity index (χ0n) is 20.3. The number of nitrogens with one attached hydrogen (secondary N) is 2. The summed E-state index contributed by atoms with van der Waals surface area (Å²) >= 11 is 3.44. The topological polar surface area (TPSA) is 108 Å². The van der Waals surface area contributed by atoms with Gasteiger partial charge in [-0.05, 0) is 30.2 Å². The number of benzene rings is 2. The van der Waals surface area contributed by atoms with Crippen molar-refractivity contribution in [1.82, 2.24) is 25.1 Å². The third-order valence-corrected chi connectivity index (χ3v) is 6.66. The number of hydrogen-bond acceptors (Lipinski definition) is 5. The standard InChI is InChI=1S/C26H28BrN5O4/c1-16(2)22(30-26(35)36-3)25(34)32-15-31(24(33)18-7-5-4-6-8-18)14-21(32)23-28-13-20(29-23)17-9-11-19(27)12-10-17/h4-13,16,21-22H,14-15H2,1-3H3,(H,28,29)(H,30,35)/t21-,22-/m0/s1. The lowest BCUT2D eigenvalue weighted by Gasteiger charge is -2.29. The largest absolute Gasteiger partial charge is 0.453 e. The Morgan fingerprint density at radius 2 is 1.81 bits per heavy atom. The number of methoxy groups -OCH3 is 1. The smallest absolute Gasteiger partial charge is 0.407 e. The number of imidazole rings is 1. The SMILES string of the molecule is COC(=O)N[C@H](C(=O)N1CN(C(=O)c2ccccc2)C[C@H]1c1nc(-c2ccc(Br)cc2)c[nH]1)C(C)C. The molecule has 1 aliphatic heterocycles. The average Bonchev–Trinajstić information content (AvgIpc) is 3.55. The number of nitrogens with zero attached hydrogens (tertiary/aromatic N) is 3. The van der Waals surface area contributed by atoms with Crippen molar-refractivity contribution in [2.24, 2.45) is 5.92 Å². The molecular weight excluding hydrogens is 526 g/mol. The molecule has 0 radical (unpaired) electrons. The van der Waals surface area contributed by atoms with Crippen LogP contribution >= 0.6 is 15.9 Å². The van der Waals surface area contributed by atoms with Crippen molar-refractivity contribution in [3.05, 3.63) is 76.7 Å². The number of rotatable bonds is 6. The van der Waals surface area contributed by atoms with E-state index in [1.165, 1.54) is 7.11 Å². The van der Waals surface area contributed by atoms with Gasteiger partial charge in [0.1, 0.15) is 17.9 Å². The van der Waals surface area contributed by atoms with Crippen LogP contribution in [-0.2, 0) is 9.53 Å². The molecule has 10 heteroatoms. The van der Waals surface area contributed by atoms with Gasteiger partial charge < -0.3 is 24.8 Å². The maximum Gasteiger partial charge on any atom is 0.407 e. The molecule has 1 saturated heterocycles. The number of carbonyl (C=O) groups excluding carboxylic acids is 3. The van der Waals surface area contributed by atoms with Gasteiger partial charge in [-0.2, -0.15) is 0 Å². The molecule has 0 aliphatic carbocycles. The van der Waals surface area contributed by atoms with Crippen LogP contribution in [0, 0.1) is 5.92 Å². The molecule has 36 heavy (non-hydrogen) atoms. The molecule has 0 unspecified atom stereocenters. The van der Waals surface area contributed by atoms with E-state index in [1.54, 1.807) is 40.3 Å². The number of hydrogen-bond donors (Lipinski definition) is 2. The second-order valence-electron chi connectivity index (χ2n) is 8.89. The van der Waals surface area contributed by atoms with Crippen molar-refractivity contribution >= 4 is 33.8 Å². The molecule has 9 nitrogen and oxygen atoms in total. The predicted octanol–water partition coefficient (Wildman–Crippen LogP) is 4.20. The fraction of sp³-hybridized carbons (Fsp3) is 0.308. The normalized spacial score (nSPS) is 16.2. The molecule has 1 fully saturated rings.